The number of H-pyrrole nitrogens is 1. The third kappa shape index (κ3) is 3.68. The third-order valence-electron chi connectivity index (χ3n) is 2.50. The summed E-state index contributed by atoms with van der Waals surface area (Å²) in [5.41, 5.74) is 0.928. The Morgan fingerprint density at radius 3 is 2.84 bits per heavy atom. The number of hydrogen-bond donors (Lipinski definition) is 2. The lowest BCUT2D eigenvalue weighted by Crippen LogP contribution is -2.26. The fourth-order valence-corrected chi connectivity index (χ4v) is 2.06. The Kier molecular flexibility index (Phi) is 4.39. The molecule has 2 aromatic rings. The van der Waals surface area contributed by atoms with Gasteiger partial charge in [0.15, 0.2) is 0 Å². The molecule has 0 aliphatic heterocycles. The summed E-state index contributed by atoms with van der Waals surface area (Å²) in [6, 6.07) is 5.29. The van der Waals surface area contributed by atoms with Gasteiger partial charge >= 0.3 is 0 Å². The summed E-state index contributed by atoms with van der Waals surface area (Å²) >= 11 is 11.8. The van der Waals surface area contributed by atoms with Crippen molar-refractivity contribution < 1.29 is 4.79 Å². The van der Waals surface area contributed by atoms with Gasteiger partial charge in [-0.15, -0.1) is 5.10 Å². The van der Waals surface area contributed by atoms with E-state index < -0.39 is 0 Å². The lowest BCUT2D eigenvalue weighted by Gasteiger charge is -2.05. The molecule has 0 fully saturated rings. The minimum atomic E-state index is -0.311. The molecule has 0 atom stereocenters. The fourth-order valence-electron chi connectivity index (χ4n) is 1.56. The van der Waals surface area contributed by atoms with Crippen LogP contribution in [0.5, 0.6) is 0 Å². The number of benzene rings is 1. The topological polar surface area (TPSA) is 70.7 Å². The molecule has 0 saturated carbocycles. The van der Waals surface area contributed by atoms with Gasteiger partial charge in [-0.1, -0.05) is 29.3 Å². The van der Waals surface area contributed by atoms with Crippen molar-refractivity contribution in [3.05, 3.63) is 45.5 Å². The molecule has 19 heavy (non-hydrogen) atoms. The second-order valence-electron chi connectivity index (χ2n) is 3.99. The third-order valence-corrected chi connectivity index (χ3v) is 3.08. The molecular weight excluding hydrogens is 287 g/mol. The molecule has 2 N–H and O–H groups in total. The zero-order chi connectivity index (χ0) is 13.8. The number of aryl methyl sites for hydroxylation is 1. The van der Waals surface area contributed by atoms with Crippen molar-refractivity contribution in [2.45, 2.75) is 13.3 Å². The van der Waals surface area contributed by atoms with E-state index in [0.29, 0.717) is 28.8 Å². The molecule has 0 bridgehead atoms. The molecule has 7 heteroatoms. The molecule has 0 radical (unpaired) electrons. The van der Waals surface area contributed by atoms with Gasteiger partial charge in [-0.05, 0) is 31.0 Å². The smallest absolute Gasteiger partial charge is 0.290 e. The highest BCUT2D eigenvalue weighted by Crippen LogP contribution is 2.20. The maximum atomic E-state index is 11.7. The number of carbonyl (C=O) groups is 1. The first-order chi connectivity index (χ1) is 9.06. The molecule has 1 amide bonds. The van der Waals surface area contributed by atoms with Gasteiger partial charge in [0.25, 0.3) is 5.91 Å². The number of halogens is 2. The van der Waals surface area contributed by atoms with Crippen molar-refractivity contribution in [1.29, 1.82) is 0 Å². The van der Waals surface area contributed by atoms with Crippen LogP contribution in [-0.2, 0) is 6.42 Å². The van der Waals surface area contributed by atoms with Crippen molar-refractivity contribution in [3.63, 3.8) is 0 Å². The number of rotatable bonds is 4. The van der Waals surface area contributed by atoms with Crippen molar-refractivity contribution in [3.8, 4) is 0 Å². The second-order valence-corrected chi connectivity index (χ2v) is 4.83. The molecule has 1 aromatic heterocycles. The number of hydrogen-bond acceptors (Lipinski definition) is 3. The summed E-state index contributed by atoms with van der Waals surface area (Å²) in [5, 5.41) is 10.3. The Morgan fingerprint density at radius 2 is 2.21 bits per heavy atom. The average Bonchev–Trinajstić information content (AvgIpc) is 2.78. The number of aromatic nitrogens is 3. The van der Waals surface area contributed by atoms with Crippen LogP contribution in [0.25, 0.3) is 0 Å². The first kappa shape index (κ1) is 13.8. The van der Waals surface area contributed by atoms with Gasteiger partial charge in [-0.3, -0.25) is 9.89 Å². The van der Waals surface area contributed by atoms with Crippen LogP contribution in [0.15, 0.2) is 18.2 Å². The van der Waals surface area contributed by atoms with Gasteiger partial charge in [0, 0.05) is 16.6 Å². The summed E-state index contributed by atoms with van der Waals surface area (Å²) in [7, 11) is 0. The number of nitrogens with one attached hydrogen (secondary N) is 2. The van der Waals surface area contributed by atoms with E-state index >= 15 is 0 Å². The zero-order valence-electron chi connectivity index (χ0n) is 10.2. The van der Waals surface area contributed by atoms with Gasteiger partial charge in [0.05, 0.1) is 0 Å². The van der Waals surface area contributed by atoms with Crippen LogP contribution in [0, 0.1) is 6.92 Å². The monoisotopic (exact) mass is 298 g/mol. The van der Waals surface area contributed by atoms with E-state index in [1.807, 2.05) is 6.07 Å². The SMILES string of the molecule is Cc1nc(C(=O)NCCc2ccc(Cl)cc2Cl)n[nH]1. The van der Waals surface area contributed by atoms with E-state index in [2.05, 4.69) is 20.5 Å². The molecule has 0 spiro atoms. The molecule has 0 unspecified atom stereocenters. The van der Waals surface area contributed by atoms with Crippen molar-refractivity contribution in [2.24, 2.45) is 0 Å². The lowest BCUT2D eigenvalue weighted by atomic mass is 10.1. The minimum Gasteiger partial charge on any atom is -0.349 e. The summed E-state index contributed by atoms with van der Waals surface area (Å²) in [6.07, 6.45) is 0.616. The van der Waals surface area contributed by atoms with Gasteiger partial charge < -0.3 is 5.32 Å². The Morgan fingerprint density at radius 1 is 1.42 bits per heavy atom. The van der Waals surface area contributed by atoms with E-state index in [0.717, 1.165) is 5.56 Å². The van der Waals surface area contributed by atoms with Crippen LogP contribution in [0.2, 0.25) is 10.0 Å². The van der Waals surface area contributed by atoms with Crippen LogP contribution in [-0.4, -0.2) is 27.6 Å². The van der Waals surface area contributed by atoms with Crippen LogP contribution in [0.4, 0.5) is 0 Å². The number of aromatic amines is 1. The maximum Gasteiger partial charge on any atom is 0.290 e. The quantitative estimate of drug-likeness (QED) is 0.910. The minimum absolute atomic E-state index is 0.139. The average molecular weight is 299 g/mol. The van der Waals surface area contributed by atoms with E-state index in [1.54, 1.807) is 19.1 Å². The van der Waals surface area contributed by atoms with Gasteiger partial charge in [-0.2, -0.15) is 0 Å². The molecule has 2 rings (SSSR count). The molecule has 1 aromatic carbocycles. The number of carbonyl (C=O) groups excluding carboxylic acids is 1. The predicted molar refractivity (Wildman–Crippen MR) is 73.6 cm³/mol. The van der Waals surface area contributed by atoms with Gasteiger partial charge in [0.2, 0.25) is 5.82 Å². The highest BCUT2D eigenvalue weighted by atomic mass is 35.5. The highest BCUT2D eigenvalue weighted by Gasteiger charge is 2.10. The van der Waals surface area contributed by atoms with Crippen molar-refractivity contribution in [1.82, 2.24) is 20.5 Å². The Labute approximate surface area is 120 Å². The van der Waals surface area contributed by atoms with Crippen molar-refractivity contribution in [2.75, 3.05) is 6.54 Å². The normalized spacial score (nSPS) is 10.5. The van der Waals surface area contributed by atoms with Gasteiger partial charge in [0.1, 0.15) is 5.82 Å². The van der Waals surface area contributed by atoms with Crippen LogP contribution in [0.3, 0.4) is 0 Å². The molecule has 5 nitrogen and oxygen atoms in total. The molecule has 0 aliphatic carbocycles. The predicted octanol–water partition coefficient (Wildman–Crippen LogP) is 2.39. The molecular formula is C12H12Cl2N4O. The Hall–Kier alpha value is -1.59. The van der Waals surface area contributed by atoms with Crippen molar-refractivity contribution >= 4 is 29.1 Å². The first-order valence-corrected chi connectivity index (χ1v) is 6.43. The van der Waals surface area contributed by atoms with Crippen LogP contribution in [0.1, 0.15) is 22.0 Å². The zero-order valence-corrected chi connectivity index (χ0v) is 11.7. The number of nitrogens with zero attached hydrogens (tertiary/aromatic N) is 2. The second kappa shape index (κ2) is 6.04. The fraction of sp³-hybridized carbons (Fsp3) is 0.250. The Bertz CT molecular complexity index is 597. The molecule has 100 valence electrons. The van der Waals surface area contributed by atoms with Crippen LogP contribution >= 0.6 is 23.2 Å². The maximum absolute atomic E-state index is 11.7. The van der Waals surface area contributed by atoms with Crippen LogP contribution < -0.4 is 5.32 Å². The Balaban J connectivity index is 1.88. The van der Waals surface area contributed by atoms with E-state index in [1.165, 1.54) is 0 Å². The summed E-state index contributed by atoms with van der Waals surface area (Å²) < 4.78 is 0. The molecule has 0 aliphatic rings. The molecule has 0 saturated heterocycles. The van der Waals surface area contributed by atoms with E-state index in [4.69, 9.17) is 23.2 Å². The molecule has 1 heterocycles. The largest absolute Gasteiger partial charge is 0.349 e. The van der Waals surface area contributed by atoms with E-state index in [9.17, 15) is 4.79 Å². The standard InChI is InChI=1S/C12H12Cl2N4O/c1-7-16-11(18-17-7)12(19)15-5-4-8-2-3-9(13)6-10(8)14/h2-3,6H,4-5H2,1H3,(H,15,19)(H,16,17,18). The number of amides is 1. The highest BCUT2D eigenvalue weighted by molar-refractivity contribution is 6.35. The summed E-state index contributed by atoms with van der Waals surface area (Å²) in [6.45, 7) is 2.19. The summed E-state index contributed by atoms with van der Waals surface area (Å²) in [5.74, 6) is 0.431. The van der Waals surface area contributed by atoms with E-state index in [-0.39, 0.29) is 11.7 Å². The van der Waals surface area contributed by atoms with Gasteiger partial charge in [-0.25, -0.2) is 4.98 Å². The summed E-state index contributed by atoms with van der Waals surface area (Å²) in [4.78, 5) is 15.6. The first-order valence-electron chi connectivity index (χ1n) is 5.67. The lowest BCUT2D eigenvalue weighted by molar-refractivity contribution is 0.0944.